The number of carbonyl (C=O) groups is 2. The SMILES string of the molecule is CC(=O)c1ccc(CN(C(=O)N2CC[I-][C@@H](C)C2)c2cccc(F)c2)c(F)c1. The molecule has 4 nitrogen and oxygen atoms in total. The van der Waals surface area contributed by atoms with Crippen LogP contribution >= 0.6 is 0 Å². The molecule has 7 heteroatoms. The molecule has 2 aromatic carbocycles. The van der Waals surface area contributed by atoms with Gasteiger partial charge in [-0.2, -0.15) is 0 Å². The van der Waals surface area contributed by atoms with Gasteiger partial charge in [-0.1, -0.05) is 0 Å². The molecule has 150 valence electrons. The van der Waals surface area contributed by atoms with Gasteiger partial charge in [0.05, 0.1) is 0 Å². The quantitative estimate of drug-likeness (QED) is 0.359. The molecule has 1 fully saturated rings. The summed E-state index contributed by atoms with van der Waals surface area (Å²) in [6.07, 6.45) is 0. The predicted octanol–water partition coefficient (Wildman–Crippen LogP) is 1.09. The number of amides is 2. The monoisotopic (exact) mass is 499 g/mol. The Balaban J connectivity index is 1.92. The zero-order valence-electron chi connectivity index (χ0n) is 15.8. The summed E-state index contributed by atoms with van der Waals surface area (Å²) >= 11 is 0.0900. The molecule has 28 heavy (non-hydrogen) atoms. The van der Waals surface area contributed by atoms with E-state index in [-0.39, 0.29) is 50.7 Å². The maximum atomic E-state index is 14.6. The van der Waals surface area contributed by atoms with Crippen LogP contribution in [0.2, 0.25) is 0 Å². The second-order valence-electron chi connectivity index (χ2n) is 6.78. The molecule has 1 saturated heterocycles. The van der Waals surface area contributed by atoms with Gasteiger partial charge in [0.2, 0.25) is 0 Å². The van der Waals surface area contributed by atoms with Crippen LogP contribution in [0.1, 0.15) is 29.8 Å². The Morgan fingerprint density at radius 1 is 1.21 bits per heavy atom. The van der Waals surface area contributed by atoms with Crippen LogP contribution in [0.4, 0.5) is 19.3 Å². The standard InChI is InChI=1S/C21H22F2IN2O2/c1-14-12-25(9-8-24-14)21(28)26(19-5-3-4-18(22)11-19)13-17-7-6-16(15(2)27)10-20(17)23/h3-7,10-11,14H,8-9,12-13H2,1-2H3/q-1/t14-/m0/s1. The first-order valence-corrected chi connectivity index (χ1v) is 11.8. The second kappa shape index (κ2) is 8.98. The molecular weight excluding hydrogens is 477 g/mol. The molecule has 1 aliphatic heterocycles. The Bertz CT molecular complexity index is 890. The Hall–Kier alpha value is -2.03. The molecule has 0 saturated carbocycles. The average molecular weight is 499 g/mol. The van der Waals surface area contributed by atoms with Crippen LogP contribution < -0.4 is 26.1 Å². The number of halogens is 3. The summed E-state index contributed by atoms with van der Waals surface area (Å²) in [5, 5.41) is 0. The summed E-state index contributed by atoms with van der Waals surface area (Å²) < 4.78 is 29.9. The van der Waals surface area contributed by atoms with E-state index in [1.54, 1.807) is 17.0 Å². The molecule has 0 aromatic heterocycles. The van der Waals surface area contributed by atoms with Crippen molar-refractivity contribution in [1.29, 1.82) is 0 Å². The first-order chi connectivity index (χ1) is 13.3. The number of anilines is 1. The Morgan fingerprint density at radius 3 is 2.64 bits per heavy atom. The number of carbonyl (C=O) groups excluding carboxylic acids is 2. The number of rotatable bonds is 4. The van der Waals surface area contributed by atoms with Crippen molar-refractivity contribution < 1.29 is 39.6 Å². The number of Topliss-reactive ketones (excluding diaryl/α,β-unsaturated/α-hetero) is 1. The van der Waals surface area contributed by atoms with Gasteiger partial charge in [0, 0.05) is 0 Å². The third-order valence-corrected chi connectivity index (χ3v) is 7.61. The van der Waals surface area contributed by atoms with Gasteiger partial charge in [-0.05, 0) is 0 Å². The third-order valence-electron chi connectivity index (χ3n) is 4.61. The van der Waals surface area contributed by atoms with Crippen molar-refractivity contribution >= 4 is 17.5 Å². The van der Waals surface area contributed by atoms with Crippen LogP contribution in [0.5, 0.6) is 0 Å². The van der Waals surface area contributed by atoms with Gasteiger partial charge >= 0.3 is 174 Å². The summed E-state index contributed by atoms with van der Waals surface area (Å²) in [6.45, 7) is 4.82. The molecular formula is C21H22F2IN2O2-. The summed E-state index contributed by atoms with van der Waals surface area (Å²) in [5.41, 5.74) is 0.937. The van der Waals surface area contributed by atoms with E-state index in [0.717, 1.165) is 4.43 Å². The van der Waals surface area contributed by atoms with E-state index in [9.17, 15) is 18.4 Å². The van der Waals surface area contributed by atoms with Crippen LogP contribution in [0, 0.1) is 11.6 Å². The molecule has 0 radical (unpaired) electrons. The fraction of sp³-hybridized carbons (Fsp3) is 0.333. The maximum absolute atomic E-state index is 14.6. The summed E-state index contributed by atoms with van der Waals surface area (Å²) in [6, 6.07) is 9.74. The second-order valence-corrected chi connectivity index (χ2v) is 10.9. The van der Waals surface area contributed by atoms with E-state index in [1.165, 1.54) is 42.2 Å². The van der Waals surface area contributed by atoms with E-state index >= 15 is 0 Å². The van der Waals surface area contributed by atoms with E-state index in [0.29, 0.717) is 22.7 Å². The van der Waals surface area contributed by atoms with Gasteiger partial charge in [-0.25, -0.2) is 0 Å². The van der Waals surface area contributed by atoms with Gasteiger partial charge in [-0.15, -0.1) is 0 Å². The Morgan fingerprint density at radius 2 is 2.00 bits per heavy atom. The summed E-state index contributed by atoms with van der Waals surface area (Å²) in [5.74, 6) is -1.24. The fourth-order valence-corrected chi connectivity index (χ4v) is 5.78. The van der Waals surface area contributed by atoms with Gasteiger partial charge in [0.15, 0.2) is 0 Å². The molecule has 1 aliphatic rings. The number of alkyl halides is 2. The molecule has 3 rings (SSSR count). The number of hydrogen-bond acceptors (Lipinski definition) is 2. The van der Waals surface area contributed by atoms with Crippen molar-refractivity contribution in [3.8, 4) is 0 Å². The van der Waals surface area contributed by atoms with E-state index in [2.05, 4.69) is 6.92 Å². The summed E-state index contributed by atoms with van der Waals surface area (Å²) in [4.78, 5) is 27.8. The zero-order valence-corrected chi connectivity index (χ0v) is 17.9. The first kappa shape index (κ1) is 20.7. The summed E-state index contributed by atoms with van der Waals surface area (Å²) in [7, 11) is 0. The van der Waals surface area contributed by atoms with Crippen LogP contribution in [-0.4, -0.2) is 38.2 Å². The molecule has 0 N–H and O–H groups in total. The van der Waals surface area contributed by atoms with Gasteiger partial charge in [-0.3, -0.25) is 0 Å². The molecule has 1 atom stereocenters. The molecule has 1 heterocycles. The topological polar surface area (TPSA) is 40.6 Å². The van der Waals surface area contributed by atoms with Crippen molar-refractivity contribution in [2.75, 3.05) is 22.4 Å². The molecule has 0 aliphatic carbocycles. The van der Waals surface area contributed by atoms with E-state index < -0.39 is 11.6 Å². The molecule has 0 unspecified atom stereocenters. The minimum atomic E-state index is -0.556. The fourth-order valence-electron chi connectivity index (χ4n) is 3.10. The van der Waals surface area contributed by atoms with E-state index in [1.807, 2.05) is 0 Å². The van der Waals surface area contributed by atoms with Crippen LogP contribution in [0.15, 0.2) is 42.5 Å². The van der Waals surface area contributed by atoms with Gasteiger partial charge < -0.3 is 0 Å². The van der Waals surface area contributed by atoms with Crippen molar-refractivity contribution in [3.63, 3.8) is 0 Å². The van der Waals surface area contributed by atoms with Crippen molar-refractivity contribution in [2.45, 2.75) is 24.3 Å². The van der Waals surface area contributed by atoms with Crippen molar-refractivity contribution in [1.82, 2.24) is 4.90 Å². The molecule has 0 spiro atoms. The average Bonchev–Trinajstić information content (AvgIpc) is 2.66. The first-order valence-electron chi connectivity index (χ1n) is 9.04. The third kappa shape index (κ3) is 4.87. The predicted molar refractivity (Wildman–Crippen MR) is 100 cm³/mol. The Labute approximate surface area is 173 Å². The number of urea groups is 1. The van der Waals surface area contributed by atoms with Crippen LogP contribution in [-0.2, 0) is 6.54 Å². The van der Waals surface area contributed by atoms with Gasteiger partial charge in [0.1, 0.15) is 0 Å². The normalized spacial score (nSPS) is 17.0. The molecule has 0 bridgehead atoms. The molecule has 2 aromatic rings. The van der Waals surface area contributed by atoms with Crippen molar-refractivity contribution in [2.24, 2.45) is 0 Å². The zero-order chi connectivity index (χ0) is 20.3. The van der Waals surface area contributed by atoms with Gasteiger partial charge in [0.25, 0.3) is 0 Å². The number of nitrogens with zero attached hydrogens (tertiary/aromatic N) is 2. The molecule has 2 amide bonds. The number of ketones is 1. The number of benzene rings is 2. The minimum absolute atomic E-state index is 0.0355. The van der Waals surface area contributed by atoms with Crippen LogP contribution in [0.3, 0.4) is 0 Å². The van der Waals surface area contributed by atoms with Crippen molar-refractivity contribution in [3.05, 3.63) is 65.2 Å². The Kier molecular flexibility index (Phi) is 6.64. The van der Waals surface area contributed by atoms with E-state index in [4.69, 9.17) is 0 Å². The number of hydrogen-bond donors (Lipinski definition) is 0. The van der Waals surface area contributed by atoms with Crippen LogP contribution in [0.25, 0.3) is 0 Å².